The van der Waals surface area contributed by atoms with Gasteiger partial charge in [0, 0.05) is 11.9 Å². The minimum atomic E-state index is -0.114. The number of fused-ring (bicyclic) bond motifs is 1. The summed E-state index contributed by atoms with van der Waals surface area (Å²) in [6.07, 6.45) is 2.49. The zero-order valence-electron chi connectivity index (χ0n) is 15.8. The van der Waals surface area contributed by atoms with Crippen LogP contribution in [0.4, 0.5) is 0 Å². The van der Waals surface area contributed by atoms with Gasteiger partial charge in [0.1, 0.15) is 0 Å². The molecule has 0 saturated heterocycles. The van der Waals surface area contributed by atoms with Gasteiger partial charge in [0.25, 0.3) is 5.91 Å². The van der Waals surface area contributed by atoms with Crippen LogP contribution in [0.25, 0.3) is 16.6 Å². The van der Waals surface area contributed by atoms with Crippen LogP contribution in [0.3, 0.4) is 0 Å². The van der Waals surface area contributed by atoms with E-state index in [-0.39, 0.29) is 5.91 Å². The summed E-state index contributed by atoms with van der Waals surface area (Å²) in [4.78, 5) is 12.8. The topological polar surface area (TPSA) is 46.9 Å². The summed E-state index contributed by atoms with van der Waals surface area (Å²) < 4.78 is 1.75. The Morgan fingerprint density at radius 2 is 1.86 bits per heavy atom. The molecular weight excluding hydrogens is 405 g/mol. The number of hydrogen-bond donors (Lipinski definition) is 1. The van der Waals surface area contributed by atoms with E-state index in [9.17, 15) is 4.79 Å². The second-order valence-electron chi connectivity index (χ2n) is 6.89. The highest BCUT2D eigenvalue weighted by Crippen LogP contribution is 2.27. The van der Waals surface area contributed by atoms with E-state index in [1.165, 1.54) is 11.1 Å². The molecule has 0 aliphatic carbocycles. The molecule has 3 aromatic carbocycles. The van der Waals surface area contributed by atoms with E-state index in [1.54, 1.807) is 23.0 Å². The van der Waals surface area contributed by atoms with Crippen molar-refractivity contribution in [1.82, 2.24) is 15.1 Å². The molecule has 1 amide bonds. The smallest absolute Gasteiger partial charge is 0.252 e. The molecule has 0 atom stereocenters. The van der Waals surface area contributed by atoms with Crippen LogP contribution in [0, 0.1) is 6.92 Å². The molecule has 146 valence electrons. The number of nitrogens with one attached hydrogen (secondary N) is 1. The summed E-state index contributed by atoms with van der Waals surface area (Å²) in [5.74, 6) is -0.114. The first-order valence-corrected chi connectivity index (χ1v) is 10.0. The monoisotopic (exact) mass is 423 g/mol. The highest BCUT2D eigenvalue weighted by Gasteiger charge is 2.14. The molecule has 0 radical (unpaired) electrons. The van der Waals surface area contributed by atoms with Gasteiger partial charge >= 0.3 is 0 Å². The summed E-state index contributed by atoms with van der Waals surface area (Å²) in [5, 5.41) is 9.19. The number of hydrogen-bond acceptors (Lipinski definition) is 2. The largest absolute Gasteiger partial charge is 0.352 e. The van der Waals surface area contributed by atoms with Gasteiger partial charge < -0.3 is 5.32 Å². The second-order valence-corrected chi connectivity index (χ2v) is 7.70. The SMILES string of the molecule is Cc1cccc(CCNC(=O)c2cccc3c2cnn3-c2ccc(Cl)c(Cl)c2)c1. The Hall–Kier alpha value is -2.82. The van der Waals surface area contributed by atoms with Crippen molar-refractivity contribution >= 4 is 40.0 Å². The number of benzene rings is 3. The second kappa shape index (κ2) is 8.27. The Morgan fingerprint density at radius 3 is 2.66 bits per heavy atom. The molecule has 0 unspecified atom stereocenters. The van der Waals surface area contributed by atoms with Crippen LogP contribution in [0.1, 0.15) is 21.5 Å². The number of rotatable bonds is 5. The van der Waals surface area contributed by atoms with Crippen molar-refractivity contribution in [2.75, 3.05) is 6.54 Å². The molecule has 1 heterocycles. The summed E-state index contributed by atoms with van der Waals surface area (Å²) in [6, 6.07) is 19.2. The van der Waals surface area contributed by atoms with Gasteiger partial charge in [-0.15, -0.1) is 0 Å². The first-order valence-electron chi connectivity index (χ1n) is 9.29. The van der Waals surface area contributed by atoms with E-state index in [0.717, 1.165) is 23.0 Å². The quantitative estimate of drug-likeness (QED) is 0.453. The minimum Gasteiger partial charge on any atom is -0.352 e. The van der Waals surface area contributed by atoms with Gasteiger partial charge in [0.2, 0.25) is 0 Å². The maximum Gasteiger partial charge on any atom is 0.252 e. The third-order valence-electron chi connectivity index (χ3n) is 4.79. The van der Waals surface area contributed by atoms with Crippen LogP contribution in [-0.2, 0) is 6.42 Å². The molecule has 4 nitrogen and oxygen atoms in total. The van der Waals surface area contributed by atoms with Crippen molar-refractivity contribution in [3.8, 4) is 5.69 Å². The molecule has 6 heteroatoms. The highest BCUT2D eigenvalue weighted by atomic mass is 35.5. The molecule has 0 aliphatic rings. The molecule has 4 rings (SSSR count). The fraction of sp³-hybridized carbons (Fsp3) is 0.130. The maximum absolute atomic E-state index is 12.8. The zero-order valence-corrected chi connectivity index (χ0v) is 17.3. The van der Waals surface area contributed by atoms with Gasteiger partial charge in [-0.05, 0) is 49.2 Å². The summed E-state index contributed by atoms with van der Waals surface area (Å²) in [7, 11) is 0. The molecule has 4 aromatic rings. The number of aromatic nitrogens is 2. The van der Waals surface area contributed by atoms with E-state index in [0.29, 0.717) is 22.2 Å². The van der Waals surface area contributed by atoms with Crippen LogP contribution >= 0.6 is 23.2 Å². The van der Waals surface area contributed by atoms with Gasteiger partial charge in [-0.3, -0.25) is 4.79 Å². The molecule has 0 bridgehead atoms. The number of aryl methyl sites for hydroxylation is 1. The fourth-order valence-electron chi connectivity index (χ4n) is 3.35. The molecule has 1 aromatic heterocycles. The van der Waals surface area contributed by atoms with E-state index >= 15 is 0 Å². The Balaban J connectivity index is 1.55. The normalized spacial score (nSPS) is 11.0. The van der Waals surface area contributed by atoms with Crippen molar-refractivity contribution in [2.24, 2.45) is 0 Å². The number of halogens is 2. The van der Waals surface area contributed by atoms with Crippen LogP contribution in [-0.4, -0.2) is 22.2 Å². The molecule has 0 saturated carbocycles. The summed E-state index contributed by atoms with van der Waals surface area (Å²) >= 11 is 12.2. The summed E-state index contributed by atoms with van der Waals surface area (Å²) in [5.41, 5.74) is 4.63. The van der Waals surface area contributed by atoms with Crippen LogP contribution in [0.2, 0.25) is 10.0 Å². The van der Waals surface area contributed by atoms with E-state index in [1.807, 2.05) is 30.3 Å². The van der Waals surface area contributed by atoms with E-state index < -0.39 is 0 Å². The molecule has 29 heavy (non-hydrogen) atoms. The molecule has 0 fully saturated rings. The maximum atomic E-state index is 12.8. The predicted molar refractivity (Wildman–Crippen MR) is 118 cm³/mol. The third kappa shape index (κ3) is 4.14. The fourth-order valence-corrected chi connectivity index (χ4v) is 3.65. The number of carbonyl (C=O) groups excluding carboxylic acids is 1. The lowest BCUT2D eigenvalue weighted by Gasteiger charge is -2.08. The standard InChI is InChI=1S/C23H19Cl2N3O/c1-15-4-2-5-16(12-15)10-11-26-23(29)18-6-3-7-22-19(18)14-27-28(22)17-8-9-20(24)21(25)13-17/h2-9,12-14H,10-11H2,1H3,(H,26,29). The van der Waals surface area contributed by atoms with Crippen molar-refractivity contribution in [3.63, 3.8) is 0 Å². The lowest BCUT2D eigenvalue weighted by atomic mass is 10.1. The Kier molecular flexibility index (Phi) is 5.56. The average molecular weight is 424 g/mol. The van der Waals surface area contributed by atoms with Crippen LogP contribution < -0.4 is 5.32 Å². The van der Waals surface area contributed by atoms with Crippen LogP contribution in [0.15, 0.2) is 66.9 Å². The van der Waals surface area contributed by atoms with Crippen molar-refractivity contribution in [1.29, 1.82) is 0 Å². The Morgan fingerprint density at radius 1 is 1.03 bits per heavy atom. The molecule has 0 aliphatic heterocycles. The van der Waals surface area contributed by atoms with Gasteiger partial charge in [-0.25, -0.2) is 4.68 Å². The van der Waals surface area contributed by atoms with Crippen LogP contribution in [0.5, 0.6) is 0 Å². The lowest BCUT2D eigenvalue weighted by Crippen LogP contribution is -2.25. The predicted octanol–water partition coefficient (Wildman–Crippen LogP) is 5.61. The first kappa shape index (κ1) is 19.5. The zero-order chi connectivity index (χ0) is 20.4. The van der Waals surface area contributed by atoms with Gasteiger partial charge in [-0.2, -0.15) is 5.10 Å². The minimum absolute atomic E-state index is 0.114. The first-order chi connectivity index (χ1) is 14.0. The molecule has 0 spiro atoms. The number of nitrogens with zero attached hydrogens (tertiary/aromatic N) is 2. The Bertz CT molecular complexity index is 1200. The molecule has 1 N–H and O–H groups in total. The van der Waals surface area contributed by atoms with Crippen molar-refractivity contribution in [3.05, 3.63) is 93.6 Å². The Labute approximate surface area is 179 Å². The van der Waals surface area contributed by atoms with E-state index in [4.69, 9.17) is 23.2 Å². The number of carbonyl (C=O) groups is 1. The lowest BCUT2D eigenvalue weighted by molar-refractivity contribution is 0.0956. The van der Waals surface area contributed by atoms with Gasteiger partial charge in [-0.1, -0.05) is 59.1 Å². The highest BCUT2D eigenvalue weighted by molar-refractivity contribution is 6.42. The van der Waals surface area contributed by atoms with Gasteiger partial charge in [0.05, 0.1) is 33.0 Å². The number of amides is 1. The van der Waals surface area contributed by atoms with Crippen molar-refractivity contribution < 1.29 is 4.79 Å². The third-order valence-corrected chi connectivity index (χ3v) is 5.53. The molecular formula is C23H19Cl2N3O. The van der Waals surface area contributed by atoms with Gasteiger partial charge in [0.15, 0.2) is 0 Å². The summed E-state index contributed by atoms with van der Waals surface area (Å²) in [6.45, 7) is 2.63. The van der Waals surface area contributed by atoms with E-state index in [2.05, 4.69) is 35.5 Å². The van der Waals surface area contributed by atoms with Crippen molar-refractivity contribution in [2.45, 2.75) is 13.3 Å². The average Bonchev–Trinajstić information content (AvgIpc) is 3.14.